The van der Waals surface area contributed by atoms with Gasteiger partial charge in [-0.05, 0) is 29.8 Å². The highest BCUT2D eigenvalue weighted by atomic mass is 16.5. The standard InChI is InChI=1S/C21H23N3O7/c1-29-20(27)15-7-9-16(10-8-15)30-12-11-23-19(26)17(18(22)25)24-21(28)31-13-14-5-3-2-4-6-14/h2-10,17H,11-13H2,1H3,(H2,22,25)(H,23,26)(H,24,28). The summed E-state index contributed by atoms with van der Waals surface area (Å²) < 4.78 is 15.0. The first-order valence-corrected chi connectivity index (χ1v) is 9.26. The van der Waals surface area contributed by atoms with E-state index in [2.05, 4.69) is 15.4 Å². The molecule has 2 aromatic rings. The third kappa shape index (κ3) is 7.69. The van der Waals surface area contributed by atoms with Gasteiger partial charge in [0.05, 0.1) is 19.2 Å². The number of hydrogen-bond donors (Lipinski definition) is 3. The highest BCUT2D eigenvalue weighted by Gasteiger charge is 2.26. The number of nitrogens with two attached hydrogens (primary N) is 1. The Labute approximate surface area is 178 Å². The summed E-state index contributed by atoms with van der Waals surface area (Å²) in [6.07, 6.45) is -0.954. The number of carbonyl (C=O) groups is 4. The van der Waals surface area contributed by atoms with E-state index in [1.807, 2.05) is 6.07 Å². The Kier molecular flexibility index (Phi) is 8.84. The Balaban J connectivity index is 1.75. The maximum Gasteiger partial charge on any atom is 0.408 e. The number of primary amides is 1. The van der Waals surface area contributed by atoms with Crippen LogP contribution in [0.15, 0.2) is 54.6 Å². The first-order valence-electron chi connectivity index (χ1n) is 9.26. The van der Waals surface area contributed by atoms with E-state index in [0.29, 0.717) is 11.3 Å². The van der Waals surface area contributed by atoms with Gasteiger partial charge in [0.25, 0.3) is 5.91 Å². The molecule has 0 saturated heterocycles. The number of esters is 1. The lowest BCUT2D eigenvalue weighted by atomic mass is 10.2. The molecular weight excluding hydrogens is 406 g/mol. The monoisotopic (exact) mass is 429 g/mol. The summed E-state index contributed by atoms with van der Waals surface area (Å²) in [4.78, 5) is 47.0. The molecule has 1 atom stereocenters. The maximum absolute atomic E-state index is 12.2. The van der Waals surface area contributed by atoms with Gasteiger partial charge in [0.1, 0.15) is 19.0 Å². The van der Waals surface area contributed by atoms with Crippen LogP contribution < -0.4 is 21.1 Å². The number of benzene rings is 2. The molecule has 10 nitrogen and oxygen atoms in total. The van der Waals surface area contributed by atoms with Gasteiger partial charge in [-0.15, -0.1) is 0 Å². The molecule has 3 amide bonds. The average Bonchev–Trinajstić information content (AvgIpc) is 2.79. The zero-order chi connectivity index (χ0) is 22.6. The summed E-state index contributed by atoms with van der Waals surface area (Å²) in [5.41, 5.74) is 6.32. The van der Waals surface area contributed by atoms with Crippen molar-refractivity contribution in [3.05, 3.63) is 65.7 Å². The number of ether oxygens (including phenoxy) is 3. The minimum Gasteiger partial charge on any atom is -0.492 e. The van der Waals surface area contributed by atoms with Crippen LogP contribution in [0.25, 0.3) is 0 Å². The van der Waals surface area contributed by atoms with Crippen LogP contribution in [-0.2, 0) is 25.7 Å². The van der Waals surface area contributed by atoms with Crippen LogP contribution in [0, 0.1) is 0 Å². The molecule has 164 valence electrons. The van der Waals surface area contributed by atoms with Gasteiger partial charge >= 0.3 is 12.1 Å². The van der Waals surface area contributed by atoms with Crippen molar-refractivity contribution >= 4 is 23.9 Å². The van der Waals surface area contributed by atoms with Gasteiger partial charge in [0.15, 0.2) is 6.04 Å². The van der Waals surface area contributed by atoms with E-state index < -0.39 is 29.9 Å². The van der Waals surface area contributed by atoms with Crippen molar-refractivity contribution < 1.29 is 33.4 Å². The molecule has 0 fully saturated rings. The smallest absolute Gasteiger partial charge is 0.408 e. The Morgan fingerprint density at radius 3 is 2.29 bits per heavy atom. The van der Waals surface area contributed by atoms with E-state index in [-0.39, 0.29) is 19.8 Å². The Hall–Kier alpha value is -4.08. The van der Waals surface area contributed by atoms with Crippen LogP contribution in [0.1, 0.15) is 15.9 Å². The summed E-state index contributed by atoms with van der Waals surface area (Å²) in [7, 11) is 1.28. The fourth-order valence-corrected chi connectivity index (χ4v) is 2.40. The molecule has 1 unspecified atom stereocenters. The number of methoxy groups -OCH3 is 1. The second kappa shape index (κ2) is 11.8. The lowest BCUT2D eigenvalue weighted by Gasteiger charge is -2.15. The maximum atomic E-state index is 12.2. The molecule has 0 aliphatic heterocycles. The molecule has 10 heteroatoms. The van der Waals surface area contributed by atoms with Crippen molar-refractivity contribution in [1.82, 2.24) is 10.6 Å². The molecule has 31 heavy (non-hydrogen) atoms. The van der Waals surface area contributed by atoms with Crippen molar-refractivity contribution in [3.8, 4) is 5.75 Å². The molecule has 0 heterocycles. The number of carbonyl (C=O) groups excluding carboxylic acids is 4. The van der Waals surface area contributed by atoms with Crippen LogP contribution in [0.4, 0.5) is 4.79 Å². The molecule has 0 saturated carbocycles. The van der Waals surface area contributed by atoms with E-state index >= 15 is 0 Å². The van der Waals surface area contributed by atoms with Crippen LogP contribution >= 0.6 is 0 Å². The van der Waals surface area contributed by atoms with Gasteiger partial charge in [0.2, 0.25) is 5.91 Å². The molecule has 0 bridgehead atoms. The largest absolute Gasteiger partial charge is 0.492 e. The van der Waals surface area contributed by atoms with Gasteiger partial charge in [-0.3, -0.25) is 9.59 Å². The fraction of sp³-hybridized carbons (Fsp3) is 0.238. The van der Waals surface area contributed by atoms with E-state index in [9.17, 15) is 19.2 Å². The summed E-state index contributed by atoms with van der Waals surface area (Å²) in [6, 6.07) is 13.5. The Morgan fingerprint density at radius 2 is 1.68 bits per heavy atom. The fourth-order valence-electron chi connectivity index (χ4n) is 2.40. The SMILES string of the molecule is COC(=O)c1ccc(OCCNC(=O)C(NC(=O)OCc2ccccc2)C(N)=O)cc1. The van der Waals surface area contributed by atoms with Gasteiger partial charge in [-0.2, -0.15) is 0 Å². The minimum absolute atomic E-state index is 0.0254. The average molecular weight is 429 g/mol. The summed E-state index contributed by atoms with van der Waals surface area (Å²) in [6.45, 7) is 0.0950. The molecule has 0 radical (unpaired) electrons. The normalized spacial score (nSPS) is 11.0. The topological polar surface area (TPSA) is 146 Å². The number of alkyl carbamates (subject to hydrolysis) is 1. The Bertz CT molecular complexity index is 901. The first kappa shape index (κ1) is 23.2. The van der Waals surface area contributed by atoms with Gasteiger partial charge in [-0.25, -0.2) is 9.59 Å². The quantitative estimate of drug-likeness (QED) is 0.287. The number of amides is 3. The van der Waals surface area contributed by atoms with Crippen LogP contribution in [-0.4, -0.2) is 50.2 Å². The van der Waals surface area contributed by atoms with Gasteiger partial charge in [-0.1, -0.05) is 30.3 Å². The van der Waals surface area contributed by atoms with Crippen molar-refractivity contribution in [2.24, 2.45) is 5.73 Å². The summed E-state index contributed by atoms with van der Waals surface area (Å²) >= 11 is 0. The molecule has 2 rings (SSSR count). The van der Waals surface area contributed by atoms with Crippen molar-refractivity contribution in [2.45, 2.75) is 12.6 Å². The molecule has 4 N–H and O–H groups in total. The molecule has 0 aromatic heterocycles. The van der Waals surface area contributed by atoms with Crippen LogP contribution in [0.3, 0.4) is 0 Å². The van der Waals surface area contributed by atoms with Gasteiger partial charge < -0.3 is 30.6 Å². The Morgan fingerprint density at radius 1 is 1.00 bits per heavy atom. The van der Waals surface area contributed by atoms with E-state index in [1.165, 1.54) is 19.2 Å². The van der Waals surface area contributed by atoms with Gasteiger partial charge in [0, 0.05) is 0 Å². The summed E-state index contributed by atoms with van der Waals surface area (Å²) in [5.74, 6) is -1.83. The number of rotatable bonds is 10. The van der Waals surface area contributed by atoms with Crippen LogP contribution in [0.2, 0.25) is 0 Å². The molecule has 0 aliphatic carbocycles. The first-order chi connectivity index (χ1) is 14.9. The lowest BCUT2D eigenvalue weighted by Crippen LogP contribution is -2.54. The zero-order valence-electron chi connectivity index (χ0n) is 16.8. The third-order valence-electron chi connectivity index (χ3n) is 3.97. The van der Waals surface area contributed by atoms with Crippen molar-refractivity contribution in [3.63, 3.8) is 0 Å². The molecule has 0 aliphatic rings. The van der Waals surface area contributed by atoms with Crippen molar-refractivity contribution in [1.29, 1.82) is 0 Å². The summed E-state index contributed by atoms with van der Waals surface area (Å²) in [5, 5.41) is 4.58. The second-order valence-corrected chi connectivity index (χ2v) is 6.20. The molecule has 2 aromatic carbocycles. The van der Waals surface area contributed by atoms with E-state index in [1.54, 1.807) is 36.4 Å². The molecule has 0 spiro atoms. The third-order valence-corrected chi connectivity index (χ3v) is 3.97. The highest BCUT2D eigenvalue weighted by Crippen LogP contribution is 2.12. The van der Waals surface area contributed by atoms with E-state index in [0.717, 1.165) is 5.56 Å². The lowest BCUT2D eigenvalue weighted by molar-refractivity contribution is -0.130. The minimum atomic E-state index is -1.59. The van der Waals surface area contributed by atoms with E-state index in [4.69, 9.17) is 15.2 Å². The predicted octanol–water partition coefficient (Wildman–Crippen LogP) is 0.749. The second-order valence-electron chi connectivity index (χ2n) is 6.20. The molecular formula is C21H23N3O7. The predicted molar refractivity (Wildman–Crippen MR) is 109 cm³/mol. The van der Waals surface area contributed by atoms with Crippen molar-refractivity contribution in [2.75, 3.05) is 20.3 Å². The highest BCUT2D eigenvalue weighted by molar-refractivity contribution is 6.05. The van der Waals surface area contributed by atoms with Crippen LogP contribution in [0.5, 0.6) is 5.75 Å². The number of nitrogens with one attached hydrogen (secondary N) is 2. The zero-order valence-corrected chi connectivity index (χ0v) is 16.8. The number of hydrogen-bond acceptors (Lipinski definition) is 7.